The van der Waals surface area contributed by atoms with Crippen LogP contribution in [-0.2, 0) is 0 Å². The van der Waals surface area contributed by atoms with Gasteiger partial charge in [-0.2, -0.15) is 0 Å². The Morgan fingerprint density at radius 3 is 1.59 bits per heavy atom. The van der Waals surface area contributed by atoms with E-state index in [-0.39, 0.29) is 0 Å². The molecule has 0 heterocycles. The summed E-state index contributed by atoms with van der Waals surface area (Å²) in [6, 6.07) is 34.2. The first-order valence-corrected chi connectivity index (χ1v) is 10.8. The van der Waals surface area contributed by atoms with Crippen LogP contribution in [0.5, 0.6) is 11.5 Å². The van der Waals surface area contributed by atoms with E-state index < -0.39 is 0 Å². The number of hydrogen-bond donors (Lipinski definition) is 0. The van der Waals surface area contributed by atoms with Crippen LogP contribution in [0.15, 0.2) is 97.1 Å². The predicted molar refractivity (Wildman–Crippen MR) is 135 cm³/mol. The molecule has 0 amide bonds. The monoisotopic (exact) mass is 414 g/mol. The van der Waals surface area contributed by atoms with Gasteiger partial charge in [-0.3, -0.25) is 0 Å². The molecule has 154 valence electrons. The Balaban J connectivity index is 1.84. The zero-order valence-electron chi connectivity index (χ0n) is 18.1. The first-order valence-electron chi connectivity index (χ1n) is 10.8. The summed E-state index contributed by atoms with van der Waals surface area (Å²) in [6.45, 7) is 0. The molecule has 0 spiro atoms. The van der Waals surface area contributed by atoms with Crippen molar-refractivity contribution in [3.8, 4) is 22.6 Å². The van der Waals surface area contributed by atoms with Gasteiger partial charge in [0.1, 0.15) is 11.5 Å². The lowest BCUT2D eigenvalue weighted by Crippen LogP contribution is -1.94. The molecule has 32 heavy (non-hydrogen) atoms. The Morgan fingerprint density at radius 2 is 0.938 bits per heavy atom. The second kappa shape index (κ2) is 7.28. The van der Waals surface area contributed by atoms with Crippen molar-refractivity contribution in [3.63, 3.8) is 0 Å². The summed E-state index contributed by atoms with van der Waals surface area (Å²) in [5.41, 5.74) is 2.26. The Kier molecular flexibility index (Phi) is 4.26. The van der Waals surface area contributed by atoms with Crippen molar-refractivity contribution in [1.82, 2.24) is 0 Å². The van der Waals surface area contributed by atoms with Crippen LogP contribution in [0.2, 0.25) is 0 Å². The second-order valence-electron chi connectivity index (χ2n) is 8.02. The van der Waals surface area contributed by atoms with Gasteiger partial charge in [0, 0.05) is 16.3 Å². The average molecular weight is 415 g/mol. The lowest BCUT2D eigenvalue weighted by atomic mass is 9.88. The molecule has 0 aliphatic carbocycles. The quantitative estimate of drug-likeness (QED) is 0.273. The zero-order valence-corrected chi connectivity index (χ0v) is 18.1. The summed E-state index contributed by atoms with van der Waals surface area (Å²) in [6.07, 6.45) is 0. The van der Waals surface area contributed by atoms with Crippen LogP contribution >= 0.6 is 0 Å². The maximum Gasteiger partial charge on any atom is 0.135 e. The third-order valence-corrected chi connectivity index (χ3v) is 6.44. The van der Waals surface area contributed by atoms with E-state index in [4.69, 9.17) is 9.47 Å². The molecular formula is C30H22O2. The van der Waals surface area contributed by atoms with Crippen LogP contribution < -0.4 is 9.47 Å². The summed E-state index contributed by atoms with van der Waals surface area (Å²) in [4.78, 5) is 0. The highest BCUT2D eigenvalue weighted by Crippen LogP contribution is 2.47. The standard InChI is InChI=1S/C30H22O2/c1-31-28-18-27-22(19-10-3-6-13-23(19)28)16-9-17-25(27)29-24-14-7-4-11-20(24)21-12-5-8-15-26(21)30(29)32-2/h3-18H,1-2H3. The van der Waals surface area contributed by atoms with Crippen LogP contribution in [0.1, 0.15) is 0 Å². The maximum absolute atomic E-state index is 6.08. The minimum Gasteiger partial charge on any atom is -0.496 e. The number of fused-ring (bicyclic) bond motifs is 6. The highest BCUT2D eigenvalue weighted by molar-refractivity contribution is 6.22. The molecule has 0 radical (unpaired) electrons. The highest BCUT2D eigenvalue weighted by Gasteiger charge is 2.19. The van der Waals surface area contributed by atoms with Gasteiger partial charge in [-0.1, -0.05) is 91.0 Å². The number of hydrogen-bond acceptors (Lipinski definition) is 2. The van der Waals surface area contributed by atoms with E-state index in [0.29, 0.717) is 0 Å². The van der Waals surface area contributed by atoms with Gasteiger partial charge in [0.05, 0.1) is 14.2 Å². The van der Waals surface area contributed by atoms with Gasteiger partial charge in [-0.15, -0.1) is 0 Å². The number of rotatable bonds is 3. The van der Waals surface area contributed by atoms with Crippen molar-refractivity contribution in [2.75, 3.05) is 14.2 Å². The van der Waals surface area contributed by atoms with Crippen molar-refractivity contribution in [2.24, 2.45) is 0 Å². The average Bonchev–Trinajstić information content (AvgIpc) is 2.87. The lowest BCUT2D eigenvalue weighted by molar-refractivity contribution is 0.420. The van der Waals surface area contributed by atoms with Gasteiger partial charge < -0.3 is 9.47 Å². The molecule has 0 unspecified atom stereocenters. The Labute approximate surface area is 186 Å². The third-order valence-electron chi connectivity index (χ3n) is 6.44. The fraction of sp³-hybridized carbons (Fsp3) is 0.0667. The van der Waals surface area contributed by atoms with Crippen LogP contribution in [0.4, 0.5) is 0 Å². The smallest absolute Gasteiger partial charge is 0.135 e. The lowest BCUT2D eigenvalue weighted by Gasteiger charge is -2.19. The van der Waals surface area contributed by atoms with Crippen LogP contribution in [0.25, 0.3) is 54.2 Å². The van der Waals surface area contributed by atoms with E-state index in [1.54, 1.807) is 14.2 Å². The van der Waals surface area contributed by atoms with Gasteiger partial charge >= 0.3 is 0 Å². The van der Waals surface area contributed by atoms with Gasteiger partial charge in [-0.25, -0.2) is 0 Å². The molecule has 0 aromatic heterocycles. The van der Waals surface area contributed by atoms with E-state index in [1.807, 2.05) is 0 Å². The summed E-state index contributed by atoms with van der Waals surface area (Å²) in [5, 5.41) is 9.40. The molecule has 6 rings (SSSR count). The molecule has 0 atom stereocenters. The SMILES string of the molecule is COc1cc2c(-c3c(OC)c4ccccc4c4ccccc34)cccc2c2ccccc12. The van der Waals surface area contributed by atoms with Crippen molar-refractivity contribution < 1.29 is 9.47 Å². The van der Waals surface area contributed by atoms with Crippen molar-refractivity contribution in [3.05, 3.63) is 97.1 Å². The zero-order chi connectivity index (χ0) is 21.7. The minimum absolute atomic E-state index is 0.879. The van der Waals surface area contributed by atoms with Crippen molar-refractivity contribution in [2.45, 2.75) is 0 Å². The number of methoxy groups -OCH3 is 2. The Morgan fingerprint density at radius 1 is 0.438 bits per heavy atom. The molecule has 0 saturated heterocycles. The molecule has 0 saturated carbocycles. The molecule has 0 bridgehead atoms. The Hall–Kier alpha value is -4.04. The normalized spacial score (nSPS) is 11.4. The van der Waals surface area contributed by atoms with Gasteiger partial charge in [0.2, 0.25) is 0 Å². The summed E-state index contributed by atoms with van der Waals surface area (Å²) in [5.74, 6) is 1.78. The van der Waals surface area contributed by atoms with Crippen LogP contribution in [0.3, 0.4) is 0 Å². The van der Waals surface area contributed by atoms with Crippen molar-refractivity contribution >= 4 is 43.1 Å². The molecule has 0 aliphatic heterocycles. The molecule has 6 aromatic rings. The first-order chi connectivity index (χ1) is 15.8. The van der Waals surface area contributed by atoms with E-state index in [9.17, 15) is 0 Å². The summed E-state index contributed by atoms with van der Waals surface area (Å²) >= 11 is 0. The van der Waals surface area contributed by atoms with E-state index in [0.717, 1.165) is 38.8 Å². The second-order valence-corrected chi connectivity index (χ2v) is 8.02. The molecule has 0 N–H and O–H groups in total. The molecule has 2 heteroatoms. The largest absolute Gasteiger partial charge is 0.496 e. The molecule has 0 fully saturated rings. The number of benzene rings is 6. The highest BCUT2D eigenvalue weighted by atomic mass is 16.5. The topological polar surface area (TPSA) is 18.5 Å². The molecule has 0 aliphatic rings. The summed E-state index contributed by atoms with van der Waals surface area (Å²) in [7, 11) is 3.50. The fourth-order valence-electron chi connectivity index (χ4n) is 5.07. The van der Waals surface area contributed by atoms with Crippen LogP contribution in [-0.4, -0.2) is 14.2 Å². The minimum atomic E-state index is 0.879. The van der Waals surface area contributed by atoms with E-state index >= 15 is 0 Å². The summed E-state index contributed by atoms with van der Waals surface area (Å²) < 4.78 is 11.9. The van der Waals surface area contributed by atoms with Crippen molar-refractivity contribution in [1.29, 1.82) is 0 Å². The number of ether oxygens (including phenoxy) is 2. The third kappa shape index (κ3) is 2.59. The van der Waals surface area contributed by atoms with E-state index in [1.165, 1.54) is 26.9 Å². The maximum atomic E-state index is 6.08. The predicted octanol–water partition coefficient (Wildman–Crippen LogP) is 7.98. The first kappa shape index (κ1) is 18.7. The fourth-order valence-corrected chi connectivity index (χ4v) is 5.07. The van der Waals surface area contributed by atoms with E-state index in [2.05, 4.69) is 97.1 Å². The Bertz CT molecular complexity index is 1650. The molecule has 6 aromatic carbocycles. The van der Waals surface area contributed by atoms with Gasteiger partial charge in [0.15, 0.2) is 0 Å². The van der Waals surface area contributed by atoms with Gasteiger partial charge in [-0.05, 0) is 43.9 Å². The van der Waals surface area contributed by atoms with Crippen LogP contribution in [0, 0.1) is 0 Å². The molecular weight excluding hydrogens is 392 g/mol. The molecule has 2 nitrogen and oxygen atoms in total. The van der Waals surface area contributed by atoms with Gasteiger partial charge in [0.25, 0.3) is 0 Å².